The van der Waals surface area contributed by atoms with Gasteiger partial charge >= 0.3 is 0 Å². The van der Waals surface area contributed by atoms with E-state index < -0.39 is 28.4 Å². The summed E-state index contributed by atoms with van der Waals surface area (Å²) >= 11 is 5.48. The zero-order valence-corrected chi connectivity index (χ0v) is 10.3. The molecule has 0 aromatic heterocycles. The molecule has 8 heteroatoms. The van der Waals surface area contributed by atoms with Crippen LogP contribution in [0.1, 0.15) is 0 Å². The zero-order valence-electron chi connectivity index (χ0n) is 8.68. The van der Waals surface area contributed by atoms with Crippen molar-refractivity contribution in [3.8, 4) is 0 Å². The van der Waals surface area contributed by atoms with Gasteiger partial charge in [-0.15, -0.1) is 0 Å². The number of aliphatic carboxylic acids is 1. The summed E-state index contributed by atoms with van der Waals surface area (Å²) in [5.74, 6) is -2.30. The number of nitrogens with zero attached hydrogens (tertiary/aromatic N) is 1. The van der Waals surface area contributed by atoms with Crippen molar-refractivity contribution in [2.75, 3.05) is 17.1 Å². The van der Waals surface area contributed by atoms with Crippen LogP contribution in [-0.2, 0) is 14.8 Å². The predicted octanol–water partition coefficient (Wildman–Crippen LogP) is -0.00500. The smallest absolute Gasteiger partial charge is 0.232 e. The standard InChI is InChI=1S/C9H9ClFNO4S/c1-17(15,16)12(5-9(13)14)6-2-3-8(11)7(10)4-6/h2-4H,5H2,1H3,(H,13,14)/p-1. The van der Waals surface area contributed by atoms with E-state index in [1.165, 1.54) is 0 Å². The highest BCUT2D eigenvalue weighted by molar-refractivity contribution is 7.92. The molecule has 0 N–H and O–H groups in total. The second kappa shape index (κ2) is 4.89. The predicted molar refractivity (Wildman–Crippen MR) is 58.6 cm³/mol. The maximum absolute atomic E-state index is 12.9. The Labute approximate surface area is 102 Å². The van der Waals surface area contributed by atoms with Gasteiger partial charge in [-0.05, 0) is 18.2 Å². The topological polar surface area (TPSA) is 77.5 Å². The third kappa shape index (κ3) is 3.57. The maximum atomic E-state index is 12.9. The van der Waals surface area contributed by atoms with Crippen LogP contribution < -0.4 is 9.41 Å². The van der Waals surface area contributed by atoms with E-state index >= 15 is 0 Å². The van der Waals surface area contributed by atoms with Gasteiger partial charge in [-0.2, -0.15) is 0 Å². The van der Waals surface area contributed by atoms with E-state index in [0.717, 1.165) is 24.5 Å². The second-order valence-corrected chi connectivity index (χ2v) is 5.55. The molecule has 0 fully saturated rings. The first-order valence-corrected chi connectivity index (χ1v) is 6.57. The van der Waals surface area contributed by atoms with E-state index in [2.05, 4.69) is 0 Å². The lowest BCUT2D eigenvalue weighted by atomic mass is 10.3. The van der Waals surface area contributed by atoms with Gasteiger partial charge in [0, 0.05) is 0 Å². The highest BCUT2D eigenvalue weighted by atomic mass is 35.5. The van der Waals surface area contributed by atoms with E-state index in [4.69, 9.17) is 11.6 Å². The Balaban J connectivity index is 3.22. The third-order valence-corrected chi connectivity index (χ3v) is 3.29. The Bertz CT molecular complexity index is 546. The number of halogens is 2. The molecule has 0 aliphatic carbocycles. The molecule has 0 unspecified atom stereocenters. The number of carboxylic acids is 1. The Morgan fingerprint density at radius 1 is 1.53 bits per heavy atom. The molecule has 0 saturated heterocycles. The molecule has 0 heterocycles. The molecule has 0 radical (unpaired) electrons. The third-order valence-electron chi connectivity index (χ3n) is 1.86. The minimum absolute atomic E-state index is 0.0388. The van der Waals surface area contributed by atoms with Gasteiger partial charge in [-0.1, -0.05) is 11.6 Å². The number of carbonyl (C=O) groups is 1. The first-order valence-electron chi connectivity index (χ1n) is 4.34. The highest BCUT2D eigenvalue weighted by Crippen LogP contribution is 2.24. The summed E-state index contributed by atoms with van der Waals surface area (Å²) in [7, 11) is -3.81. The van der Waals surface area contributed by atoms with Crippen molar-refractivity contribution in [1.29, 1.82) is 0 Å². The Morgan fingerprint density at radius 3 is 2.53 bits per heavy atom. The molecule has 0 aliphatic rings. The van der Waals surface area contributed by atoms with Crippen molar-refractivity contribution in [3.05, 3.63) is 29.0 Å². The van der Waals surface area contributed by atoms with Crippen molar-refractivity contribution >= 4 is 33.3 Å². The number of sulfonamides is 1. The van der Waals surface area contributed by atoms with Crippen LogP contribution in [0.3, 0.4) is 0 Å². The summed E-state index contributed by atoms with van der Waals surface area (Å²) in [6.07, 6.45) is 0.827. The van der Waals surface area contributed by atoms with Gasteiger partial charge in [-0.25, -0.2) is 12.8 Å². The number of benzene rings is 1. The lowest BCUT2D eigenvalue weighted by Crippen LogP contribution is -2.41. The number of rotatable bonds is 4. The van der Waals surface area contributed by atoms with Crippen LogP contribution in [0.2, 0.25) is 5.02 Å². The van der Waals surface area contributed by atoms with Crippen LogP contribution in [0.25, 0.3) is 0 Å². The van der Waals surface area contributed by atoms with Gasteiger partial charge in [0.2, 0.25) is 10.0 Å². The van der Waals surface area contributed by atoms with E-state index in [1.54, 1.807) is 0 Å². The van der Waals surface area contributed by atoms with Crippen LogP contribution >= 0.6 is 11.6 Å². The number of hydrogen-bond donors (Lipinski definition) is 0. The summed E-state index contributed by atoms with van der Waals surface area (Å²) in [5, 5.41) is 10.2. The lowest BCUT2D eigenvalue weighted by Gasteiger charge is -2.22. The summed E-state index contributed by atoms with van der Waals surface area (Å²) in [5.41, 5.74) is -0.0388. The molecular weight excluding hydrogens is 273 g/mol. The molecule has 0 saturated carbocycles. The minimum Gasteiger partial charge on any atom is -0.548 e. The SMILES string of the molecule is CS(=O)(=O)N(CC(=O)[O-])c1ccc(F)c(Cl)c1. The monoisotopic (exact) mass is 280 g/mol. The summed E-state index contributed by atoms with van der Waals surface area (Å²) in [6, 6.07) is 3.09. The Morgan fingerprint density at radius 2 is 2.12 bits per heavy atom. The van der Waals surface area contributed by atoms with Crippen molar-refractivity contribution in [2.24, 2.45) is 0 Å². The van der Waals surface area contributed by atoms with E-state index in [9.17, 15) is 22.7 Å². The number of carbonyl (C=O) groups excluding carboxylic acids is 1. The molecule has 0 amide bonds. The number of anilines is 1. The molecule has 1 rings (SSSR count). The number of carboxylic acid groups (broad SMARTS) is 1. The van der Waals surface area contributed by atoms with E-state index in [1.807, 2.05) is 0 Å². The molecule has 94 valence electrons. The minimum atomic E-state index is -3.81. The largest absolute Gasteiger partial charge is 0.548 e. The van der Waals surface area contributed by atoms with Crippen molar-refractivity contribution in [1.82, 2.24) is 0 Å². The maximum Gasteiger partial charge on any atom is 0.232 e. The summed E-state index contributed by atoms with van der Waals surface area (Å²) in [6.45, 7) is -0.860. The molecule has 0 atom stereocenters. The van der Waals surface area contributed by atoms with E-state index in [0.29, 0.717) is 4.31 Å². The van der Waals surface area contributed by atoms with Crippen LogP contribution in [0.4, 0.5) is 10.1 Å². The second-order valence-electron chi connectivity index (χ2n) is 3.24. The van der Waals surface area contributed by atoms with Gasteiger partial charge < -0.3 is 9.90 Å². The van der Waals surface area contributed by atoms with Crippen molar-refractivity contribution < 1.29 is 22.7 Å². The van der Waals surface area contributed by atoms with Crippen LogP contribution in [0, 0.1) is 5.82 Å². The van der Waals surface area contributed by atoms with Crippen LogP contribution in [0.15, 0.2) is 18.2 Å². The quantitative estimate of drug-likeness (QED) is 0.777. The molecule has 5 nitrogen and oxygen atoms in total. The van der Waals surface area contributed by atoms with Gasteiger partial charge in [0.1, 0.15) is 5.82 Å². The average molecular weight is 281 g/mol. The summed E-state index contributed by atoms with van der Waals surface area (Å²) in [4.78, 5) is 10.5. The van der Waals surface area contributed by atoms with E-state index in [-0.39, 0.29) is 10.7 Å². The average Bonchev–Trinajstić information content (AvgIpc) is 2.17. The molecule has 0 aliphatic heterocycles. The van der Waals surface area contributed by atoms with Gasteiger partial charge in [-0.3, -0.25) is 4.31 Å². The fraction of sp³-hybridized carbons (Fsp3) is 0.222. The zero-order chi connectivity index (χ0) is 13.2. The normalized spacial score (nSPS) is 11.2. The van der Waals surface area contributed by atoms with Crippen molar-refractivity contribution in [2.45, 2.75) is 0 Å². The Hall–Kier alpha value is -1.34. The summed E-state index contributed by atoms with van der Waals surface area (Å²) < 4.78 is 36.2. The first kappa shape index (κ1) is 13.7. The first-order chi connectivity index (χ1) is 7.71. The fourth-order valence-electron chi connectivity index (χ4n) is 1.16. The Kier molecular flexibility index (Phi) is 3.94. The molecule has 0 bridgehead atoms. The van der Waals surface area contributed by atoms with Crippen molar-refractivity contribution in [3.63, 3.8) is 0 Å². The fourth-order valence-corrected chi connectivity index (χ4v) is 2.17. The van der Waals surface area contributed by atoms with Gasteiger partial charge in [0.25, 0.3) is 0 Å². The highest BCUT2D eigenvalue weighted by Gasteiger charge is 2.18. The lowest BCUT2D eigenvalue weighted by molar-refractivity contribution is -0.303. The number of hydrogen-bond acceptors (Lipinski definition) is 4. The molecular formula is C9H8ClFNO4S-. The van der Waals surface area contributed by atoms with Gasteiger partial charge in [0.05, 0.1) is 29.5 Å². The molecule has 1 aromatic rings. The molecule has 17 heavy (non-hydrogen) atoms. The van der Waals surface area contributed by atoms with Crippen LogP contribution in [0.5, 0.6) is 0 Å². The van der Waals surface area contributed by atoms with Gasteiger partial charge in [0.15, 0.2) is 0 Å². The van der Waals surface area contributed by atoms with Crippen LogP contribution in [-0.4, -0.2) is 27.2 Å². The molecule has 0 spiro atoms. The molecule has 1 aromatic carbocycles.